The quantitative estimate of drug-likeness (QED) is 0.783. The van der Waals surface area contributed by atoms with Gasteiger partial charge in [-0.2, -0.15) is 0 Å². The van der Waals surface area contributed by atoms with Crippen LogP contribution in [0.25, 0.3) is 11.3 Å². The Morgan fingerprint density at radius 3 is 2.12 bits per heavy atom. The average molecular weight is 327 g/mol. The summed E-state index contributed by atoms with van der Waals surface area (Å²) in [6.45, 7) is 7.56. The normalized spacial score (nSPS) is 10.3. The number of carbonyl (C=O) groups is 2. The third kappa shape index (κ3) is 3.79. The van der Waals surface area contributed by atoms with Gasteiger partial charge in [0.25, 0.3) is 0 Å². The zero-order valence-corrected chi connectivity index (χ0v) is 14.4. The van der Waals surface area contributed by atoms with Crippen LogP contribution in [0.3, 0.4) is 0 Å². The van der Waals surface area contributed by atoms with E-state index < -0.39 is 11.9 Å². The SMILES string of the molecule is CCOC(=O)c1cc(-c2ccc(C)cc2)nc(C)c1C(=O)OCC. The van der Waals surface area contributed by atoms with Gasteiger partial charge in [-0.15, -0.1) is 0 Å². The van der Waals surface area contributed by atoms with Gasteiger partial charge in [0.1, 0.15) is 0 Å². The Balaban J connectivity index is 2.59. The molecule has 0 bridgehead atoms. The van der Waals surface area contributed by atoms with Crippen LogP contribution in [0.15, 0.2) is 30.3 Å². The summed E-state index contributed by atoms with van der Waals surface area (Å²) in [4.78, 5) is 29.0. The molecule has 0 aliphatic carbocycles. The highest BCUT2D eigenvalue weighted by atomic mass is 16.5. The van der Waals surface area contributed by atoms with Gasteiger partial charge in [0.05, 0.1) is 35.7 Å². The highest BCUT2D eigenvalue weighted by Gasteiger charge is 2.24. The fraction of sp³-hybridized carbons (Fsp3) is 0.316. The van der Waals surface area contributed by atoms with Crippen LogP contribution in [0.1, 0.15) is 45.8 Å². The molecule has 0 saturated heterocycles. The maximum absolute atomic E-state index is 12.3. The van der Waals surface area contributed by atoms with Crippen LogP contribution in [-0.2, 0) is 9.47 Å². The Labute approximate surface area is 141 Å². The maximum Gasteiger partial charge on any atom is 0.340 e. The Kier molecular flexibility index (Phi) is 5.68. The van der Waals surface area contributed by atoms with Crippen molar-refractivity contribution in [2.45, 2.75) is 27.7 Å². The summed E-state index contributed by atoms with van der Waals surface area (Å²) in [5, 5.41) is 0. The molecule has 1 heterocycles. The van der Waals surface area contributed by atoms with Crippen LogP contribution in [0, 0.1) is 13.8 Å². The molecular weight excluding hydrogens is 306 g/mol. The minimum absolute atomic E-state index is 0.158. The van der Waals surface area contributed by atoms with Crippen molar-refractivity contribution in [2.24, 2.45) is 0 Å². The molecule has 1 aromatic heterocycles. The number of ether oxygens (including phenoxy) is 2. The summed E-state index contributed by atoms with van der Waals surface area (Å²) in [7, 11) is 0. The molecule has 5 nitrogen and oxygen atoms in total. The first-order chi connectivity index (χ1) is 11.5. The monoisotopic (exact) mass is 327 g/mol. The second-order valence-corrected chi connectivity index (χ2v) is 5.32. The van der Waals surface area contributed by atoms with E-state index in [0.29, 0.717) is 11.4 Å². The fourth-order valence-corrected chi connectivity index (χ4v) is 2.38. The Hall–Kier alpha value is -2.69. The van der Waals surface area contributed by atoms with Gasteiger partial charge in [-0.3, -0.25) is 4.98 Å². The van der Waals surface area contributed by atoms with Gasteiger partial charge < -0.3 is 9.47 Å². The lowest BCUT2D eigenvalue weighted by atomic mass is 10.0. The minimum Gasteiger partial charge on any atom is -0.462 e. The molecule has 2 rings (SSSR count). The van der Waals surface area contributed by atoms with Crippen molar-refractivity contribution in [1.82, 2.24) is 4.98 Å². The number of nitrogens with zero attached hydrogens (tertiary/aromatic N) is 1. The molecule has 2 aromatic rings. The first-order valence-electron chi connectivity index (χ1n) is 7.90. The molecule has 0 unspecified atom stereocenters. The Bertz CT molecular complexity index is 751. The maximum atomic E-state index is 12.3. The predicted octanol–water partition coefficient (Wildman–Crippen LogP) is 3.72. The number of rotatable bonds is 5. The van der Waals surface area contributed by atoms with Crippen LogP contribution < -0.4 is 0 Å². The van der Waals surface area contributed by atoms with Crippen molar-refractivity contribution >= 4 is 11.9 Å². The summed E-state index contributed by atoms with van der Waals surface area (Å²) in [6.07, 6.45) is 0. The lowest BCUT2D eigenvalue weighted by Gasteiger charge is -2.13. The topological polar surface area (TPSA) is 65.5 Å². The van der Waals surface area contributed by atoms with Gasteiger partial charge in [0.2, 0.25) is 0 Å². The molecule has 0 aliphatic rings. The van der Waals surface area contributed by atoms with Crippen LogP contribution >= 0.6 is 0 Å². The number of hydrogen-bond donors (Lipinski definition) is 0. The second-order valence-electron chi connectivity index (χ2n) is 5.32. The lowest BCUT2D eigenvalue weighted by molar-refractivity contribution is 0.0477. The third-order valence-corrected chi connectivity index (χ3v) is 3.52. The van der Waals surface area contributed by atoms with Gasteiger partial charge in [-0.1, -0.05) is 29.8 Å². The van der Waals surface area contributed by atoms with Crippen molar-refractivity contribution in [2.75, 3.05) is 13.2 Å². The molecular formula is C19H21NO4. The number of benzene rings is 1. The first kappa shape index (κ1) is 17.7. The molecule has 0 spiro atoms. The summed E-state index contributed by atoms with van der Waals surface area (Å²) < 4.78 is 10.1. The summed E-state index contributed by atoms with van der Waals surface area (Å²) in [6, 6.07) is 9.37. The first-order valence-corrected chi connectivity index (χ1v) is 7.90. The van der Waals surface area contributed by atoms with Crippen molar-refractivity contribution in [3.05, 3.63) is 52.7 Å². The zero-order valence-electron chi connectivity index (χ0n) is 14.4. The van der Waals surface area contributed by atoms with Crippen molar-refractivity contribution in [1.29, 1.82) is 0 Å². The fourth-order valence-electron chi connectivity index (χ4n) is 2.38. The predicted molar refractivity (Wildman–Crippen MR) is 91.1 cm³/mol. The molecule has 0 radical (unpaired) electrons. The Morgan fingerprint density at radius 2 is 1.54 bits per heavy atom. The molecule has 126 valence electrons. The zero-order chi connectivity index (χ0) is 17.7. The van der Waals surface area contributed by atoms with Gasteiger partial charge >= 0.3 is 11.9 Å². The van der Waals surface area contributed by atoms with Crippen LogP contribution in [0.4, 0.5) is 0 Å². The van der Waals surface area contributed by atoms with E-state index >= 15 is 0 Å². The van der Waals surface area contributed by atoms with E-state index in [2.05, 4.69) is 4.98 Å². The van der Waals surface area contributed by atoms with Gasteiger partial charge in [0, 0.05) is 5.56 Å². The smallest absolute Gasteiger partial charge is 0.340 e. The van der Waals surface area contributed by atoms with Crippen molar-refractivity contribution < 1.29 is 19.1 Å². The molecule has 0 aliphatic heterocycles. The standard InChI is InChI=1S/C19H21NO4/c1-5-23-18(21)15-11-16(14-9-7-12(3)8-10-14)20-13(4)17(15)19(22)24-6-2/h7-11H,5-6H2,1-4H3. The van der Waals surface area contributed by atoms with E-state index in [4.69, 9.17) is 9.47 Å². The number of pyridine rings is 1. The van der Waals surface area contributed by atoms with Gasteiger partial charge in [0.15, 0.2) is 0 Å². The van der Waals surface area contributed by atoms with Crippen LogP contribution in [-0.4, -0.2) is 30.1 Å². The molecule has 5 heteroatoms. The number of aromatic nitrogens is 1. The number of hydrogen-bond acceptors (Lipinski definition) is 5. The van der Waals surface area contributed by atoms with Crippen molar-refractivity contribution in [3.63, 3.8) is 0 Å². The van der Waals surface area contributed by atoms with E-state index in [1.54, 1.807) is 26.8 Å². The third-order valence-electron chi connectivity index (χ3n) is 3.52. The Morgan fingerprint density at radius 1 is 0.958 bits per heavy atom. The summed E-state index contributed by atoms with van der Waals surface area (Å²) >= 11 is 0. The number of esters is 2. The van der Waals surface area contributed by atoms with Crippen LogP contribution in [0.5, 0.6) is 0 Å². The molecule has 1 aromatic carbocycles. The van der Waals surface area contributed by atoms with Gasteiger partial charge in [-0.05, 0) is 33.8 Å². The summed E-state index contributed by atoms with van der Waals surface area (Å²) in [5.41, 5.74) is 3.39. The molecule has 0 fully saturated rings. The molecule has 24 heavy (non-hydrogen) atoms. The average Bonchev–Trinajstić information content (AvgIpc) is 2.55. The minimum atomic E-state index is -0.569. The van der Waals surface area contributed by atoms with Crippen molar-refractivity contribution in [3.8, 4) is 11.3 Å². The highest BCUT2D eigenvalue weighted by Crippen LogP contribution is 2.24. The largest absolute Gasteiger partial charge is 0.462 e. The van der Waals surface area contributed by atoms with E-state index in [9.17, 15) is 9.59 Å². The number of aryl methyl sites for hydroxylation is 2. The molecule has 0 N–H and O–H groups in total. The van der Waals surface area contributed by atoms with Gasteiger partial charge in [-0.25, -0.2) is 9.59 Å². The molecule has 0 saturated carbocycles. The lowest BCUT2D eigenvalue weighted by Crippen LogP contribution is -2.17. The molecule has 0 amide bonds. The van der Waals surface area contributed by atoms with E-state index in [1.165, 1.54) is 0 Å². The highest BCUT2D eigenvalue weighted by molar-refractivity contribution is 6.04. The second kappa shape index (κ2) is 7.73. The number of carbonyl (C=O) groups excluding carboxylic acids is 2. The summed E-state index contributed by atoms with van der Waals surface area (Å²) in [5.74, 6) is -1.12. The van der Waals surface area contributed by atoms with E-state index in [0.717, 1.165) is 11.1 Å². The molecule has 0 atom stereocenters. The van der Waals surface area contributed by atoms with Crippen LogP contribution in [0.2, 0.25) is 0 Å². The van der Waals surface area contributed by atoms with E-state index in [1.807, 2.05) is 31.2 Å². The van der Waals surface area contributed by atoms with E-state index in [-0.39, 0.29) is 24.3 Å².